The van der Waals surface area contributed by atoms with Gasteiger partial charge in [0.1, 0.15) is 4.21 Å². The van der Waals surface area contributed by atoms with Gasteiger partial charge in [0, 0.05) is 17.6 Å². The zero-order valence-electron chi connectivity index (χ0n) is 10.5. The molecule has 0 saturated carbocycles. The Labute approximate surface area is 116 Å². The lowest BCUT2D eigenvalue weighted by molar-refractivity contribution is 0.582. The molecular formula is C12H15N3O2S2. The van der Waals surface area contributed by atoms with Crippen LogP contribution in [0.3, 0.4) is 0 Å². The first kappa shape index (κ1) is 14.1. The van der Waals surface area contributed by atoms with Crippen LogP contribution in [0.2, 0.25) is 0 Å². The minimum atomic E-state index is -3.50. The first-order valence-corrected chi connectivity index (χ1v) is 8.02. The van der Waals surface area contributed by atoms with Gasteiger partial charge in [-0.05, 0) is 30.7 Å². The third-order valence-electron chi connectivity index (χ3n) is 2.62. The summed E-state index contributed by atoms with van der Waals surface area (Å²) in [6.07, 6.45) is 1.63. The summed E-state index contributed by atoms with van der Waals surface area (Å²) in [5.41, 5.74) is 7.14. The van der Waals surface area contributed by atoms with Gasteiger partial charge in [-0.15, -0.1) is 11.3 Å². The topological polar surface area (TPSA) is 85.1 Å². The summed E-state index contributed by atoms with van der Waals surface area (Å²) in [5, 5.41) is 0. The Hall–Kier alpha value is -1.28. The van der Waals surface area contributed by atoms with Gasteiger partial charge in [-0.25, -0.2) is 13.1 Å². The van der Waals surface area contributed by atoms with E-state index >= 15 is 0 Å². The van der Waals surface area contributed by atoms with Crippen molar-refractivity contribution in [3.8, 4) is 0 Å². The smallest absolute Gasteiger partial charge is 0.250 e. The fraction of sp³-hybridized carbons (Fsp3) is 0.250. The summed E-state index contributed by atoms with van der Waals surface area (Å²) in [6, 6.07) is 7.02. The molecule has 0 saturated heterocycles. The summed E-state index contributed by atoms with van der Waals surface area (Å²) in [4.78, 5) is 4.96. The second kappa shape index (κ2) is 5.79. The van der Waals surface area contributed by atoms with E-state index in [9.17, 15) is 8.42 Å². The lowest BCUT2D eigenvalue weighted by atomic mass is 10.3. The SMILES string of the molecule is Cc1cc(S(=O)(=O)NCc2ccccn2)sc1CN. The van der Waals surface area contributed by atoms with Crippen molar-refractivity contribution in [2.24, 2.45) is 5.73 Å². The second-order valence-corrected chi connectivity index (χ2v) is 7.15. The maximum Gasteiger partial charge on any atom is 0.250 e. The van der Waals surface area contributed by atoms with Crippen LogP contribution < -0.4 is 10.5 Å². The van der Waals surface area contributed by atoms with E-state index < -0.39 is 10.0 Å². The van der Waals surface area contributed by atoms with Gasteiger partial charge < -0.3 is 5.73 Å². The van der Waals surface area contributed by atoms with Crippen molar-refractivity contribution in [3.63, 3.8) is 0 Å². The number of hydrogen-bond donors (Lipinski definition) is 2. The van der Waals surface area contributed by atoms with E-state index in [1.807, 2.05) is 13.0 Å². The molecule has 0 aliphatic heterocycles. The third-order valence-corrected chi connectivity index (χ3v) is 5.75. The van der Waals surface area contributed by atoms with Gasteiger partial charge in [0.25, 0.3) is 0 Å². The van der Waals surface area contributed by atoms with Crippen LogP contribution in [0.5, 0.6) is 0 Å². The Morgan fingerprint density at radius 2 is 2.21 bits per heavy atom. The minimum Gasteiger partial charge on any atom is -0.326 e. The number of nitrogens with one attached hydrogen (secondary N) is 1. The standard InChI is InChI=1S/C12H15N3O2S2/c1-9-6-12(18-11(9)7-13)19(16,17)15-8-10-4-2-3-5-14-10/h2-6,15H,7-8,13H2,1H3. The van der Waals surface area contributed by atoms with E-state index in [2.05, 4.69) is 9.71 Å². The van der Waals surface area contributed by atoms with Crippen LogP contribution >= 0.6 is 11.3 Å². The highest BCUT2D eigenvalue weighted by Gasteiger charge is 2.18. The number of pyridine rings is 1. The van der Waals surface area contributed by atoms with E-state index in [0.717, 1.165) is 10.4 Å². The van der Waals surface area contributed by atoms with Crippen molar-refractivity contribution in [2.75, 3.05) is 0 Å². The molecule has 7 heteroatoms. The normalized spacial score (nSPS) is 11.7. The van der Waals surface area contributed by atoms with Crippen LogP contribution in [0, 0.1) is 6.92 Å². The molecule has 2 heterocycles. The number of nitrogens with two attached hydrogens (primary N) is 1. The van der Waals surface area contributed by atoms with Gasteiger partial charge >= 0.3 is 0 Å². The van der Waals surface area contributed by atoms with Gasteiger partial charge in [0.2, 0.25) is 10.0 Å². The molecule has 19 heavy (non-hydrogen) atoms. The summed E-state index contributed by atoms with van der Waals surface area (Å²) in [5.74, 6) is 0. The van der Waals surface area contributed by atoms with E-state index in [-0.39, 0.29) is 6.54 Å². The quantitative estimate of drug-likeness (QED) is 0.873. The zero-order chi connectivity index (χ0) is 13.9. The predicted molar refractivity (Wildman–Crippen MR) is 75.2 cm³/mol. The summed E-state index contributed by atoms with van der Waals surface area (Å²) in [6.45, 7) is 2.39. The Bertz CT molecular complexity index is 651. The van der Waals surface area contributed by atoms with Gasteiger partial charge in [-0.2, -0.15) is 0 Å². The molecule has 2 rings (SSSR count). The average Bonchev–Trinajstić information content (AvgIpc) is 2.80. The highest BCUT2D eigenvalue weighted by Crippen LogP contribution is 2.25. The molecule has 0 aromatic carbocycles. The fourth-order valence-corrected chi connectivity index (χ4v) is 4.08. The molecule has 0 aliphatic carbocycles. The highest BCUT2D eigenvalue weighted by molar-refractivity contribution is 7.91. The first-order valence-electron chi connectivity index (χ1n) is 5.72. The van der Waals surface area contributed by atoms with Crippen molar-refractivity contribution in [1.29, 1.82) is 0 Å². The Morgan fingerprint density at radius 1 is 1.42 bits per heavy atom. The van der Waals surface area contributed by atoms with Crippen LogP contribution in [0.1, 0.15) is 16.1 Å². The van der Waals surface area contributed by atoms with Gasteiger partial charge in [0.05, 0.1) is 12.2 Å². The molecule has 0 amide bonds. The van der Waals surface area contributed by atoms with Crippen molar-refractivity contribution in [1.82, 2.24) is 9.71 Å². The Kier molecular flexibility index (Phi) is 4.31. The zero-order valence-corrected chi connectivity index (χ0v) is 12.1. The maximum atomic E-state index is 12.1. The van der Waals surface area contributed by atoms with E-state index in [1.54, 1.807) is 24.4 Å². The van der Waals surface area contributed by atoms with Crippen molar-refractivity contribution in [3.05, 3.63) is 46.6 Å². The maximum absolute atomic E-state index is 12.1. The highest BCUT2D eigenvalue weighted by atomic mass is 32.2. The molecule has 0 unspecified atom stereocenters. The fourth-order valence-electron chi connectivity index (χ4n) is 1.57. The lowest BCUT2D eigenvalue weighted by Crippen LogP contribution is -2.22. The molecular weight excluding hydrogens is 282 g/mol. The minimum absolute atomic E-state index is 0.179. The molecule has 0 bridgehead atoms. The summed E-state index contributed by atoms with van der Waals surface area (Å²) >= 11 is 1.21. The Balaban J connectivity index is 2.14. The molecule has 0 spiro atoms. The molecule has 3 N–H and O–H groups in total. The number of rotatable bonds is 5. The van der Waals surface area contributed by atoms with Crippen LogP contribution in [0.4, 0.5) is 0 Å². The molecule has 5 nitrogen and oxygen atoms in total. The number of hydrogen-bond acceptors (Lipinski definition) is 5. The average molecular weight is 297 g/mol. The number of aryl methyl sites for hydroxylation is 1. The van der Waals surface area contributed by atoms with Gasteiger partial charge in [-0.3, -0.25) is 4.98 Å². The second-order valence-electron chi connectivity index (χ2n) is 4.02. The van der Waals surface area contributed by atoms with Crippen molar-refractivity contribution < 1.29 is 8.42 Å². The van der Waals surface area contributed by atoms with E-state index in [4.69, 9.17) is 5.73 Å². The number of aromatic nitrogens is 1. The summed E-state index contributed by atoms with van der Waals surface area (Å²) < 4.78 is 27.1. The molecule has 0 fully saturated rings. The molecule has 2 aromatic heterocycles. The molecule has 0 radical (unpaired) electrons. The van der Waals surface area contributed by atoms with E-state index in [1.165, 1.54) is 11.3 Å². The summed E-state index contributed by atoms with van der Waals surface area (Å²) in [7, 11) is -3.50. The van der Waals surface area contributed by atoms with E-state index in [0.29, 0.717) is 16.4 Å². The first-order chi connectivity index (χ1) is 9.03. The van der Waals surface area contributed by atoms with Crippen LogP contribution in [-0.2, 0) is 23.1 Å². The number of sulfonamides is 1. The van der Waals surface area contributed by atoms with Crippen molar-refractivity contribution >= 4 is 21.4 Å². The molecule has 0 aliphatic rings. The van der Waals surface area contributed by atoms with Gasteiger partial charge in [0.15, 0.2) is 0 Å². The van der Waals surface area contributed by atoms with Crippen LogP contribution in [0.25, 0.3) is 0 Å². The van der Waals surface area contributed by atoms with Crippen LogP contribution in [-0.4, -0.2) is 13.4 Å². The molecule has 102 valence electrons. The molecule has 2 aromatic rings. The molecule has 0 atom stereocenters. The lowest BCUT2D eigenvalue weighted by Gasteiger charge is -2.03. The van der Waals surface area contributed by atoms with Crippen LogP contribution in [0.15, 0.2) is 34.7 Å². The Morgan fingerprint density at radius 3 is 2.79 bits per heavy atom. The largest absolute Gasteiger partial charge is 0.326 e. The predicted octanol–water partition coefficient (Wildman–Crippen LogP) is 1.39. The monoisotopic (exact) mass is 297 g/mol. The van der Waals surface area contributed by atoms with Gasteiger partial charge in [-0.1, -0.05) is 6.07 Å². The number of thiophene rings is 1. The number of nitrogens with zero attached hydrogens (tertiary/aromatic N) is 1. The van der Waals surface area contributed by atoms with Crippen molar-refractivity contribution in [2.45, 2.75) is 24.2 Å². The third kappa shape index (κ3) is 3.38.